The number of hydrazone groups is 1. The lowest BCUT2D eigenvalue weighted by Crippen LogP contribution is -2.22. The number of fused-ring (bicyclic) bond motifs is 1. The maximum Gasteiger partial charge on any atom is 0.291 e. The Bertz CT molecular complexity index is 1540. The van der Waals surface area contributed by atoms with Crippen LogP contribution in [0.1, 0.15) is 56.2 Å². The first kappa shape index (κ1) is 25.3. The number of aryl methyl sites for hydroxylation is 2. The number of carbonyl (C=O) groups excluding carboxylic acids is 2. The van der Waals surface area contributed by atoms with E-state index in [1.54, 1.807) is 24.3 Å². The summed E-state index contributed by atoms with van der Waals surface area (Å²) in [4.78, 5) is 26.0. The number of furan rings is 1. The number of benzene rings is 3. The molecule has 4 aromatic rings. The second kappa shape index (κ2) is 10.9. The molecule has 0 spiro atoms. The topological polar surface area (TPSA) is 92.9 Å². The summed E-state index contributed by atoms with van der Waals surface area (Å²) in [5, 5.41) is 7.75. The van der Waals surface area contributed by atoms with E-state index in [2.05, 4.69) is 15.8 Å². The monoisotopic (exact) mass is 527 g/mol. The molecule has 2 N–H and O–H groups in total. The van der Waals surface area contributed by atoms with Gasteiger partial charge in [0.2, 0.25) is 0 Å². The zero-order valence-electron chi connectivity index (χ0n) is 21.0. The predicted octanol–water partition coefficient (Wildman–Crippen LogP) is 7.06. The molecule has 0 saturated heterocycles. The van der Waals surface area contributed by atoms with Crippen molar-refractivity contribution in [3.63, 3.8) is 0 Å². The Morgan fingerprint density at radius 2 is 1.71 bits per heavy atom. The minimum absolute atomic E-state index is 0.181. The van der Waals surface area contributed by atoms with Crippen molar-refractivity contribution in [2.45, 2.75) is 33.1 Å². The minimum Gasteiger partial charge on any atom is -0.455 e. The molecule has 2 amide bonds. The van der Waals surface area contributed by atoms with Crippen LogP contribution in [0.15, 0.2) is 82.3 Å². The lowest BCUT2D eigenvalue weighted by atomic mass is 9.93. The average molecular weight is 528 g/mol. The molecule has 0 fully saturated rings. The number of nitrogens with one attached hydrogen (secondary N) is 2. The third kappa shape index (κ3) is 5.33. The maximum absolute atomic E-state index is 13.4. The Morgan fingerprint density at radius 3 is 2.50 bits per heavy atom. The lowest BCUT2D eigenvalue weighted by Gasteiger charge is -2.13. The minimum atomic E-state index is -0.430. The first-order chi connectivity index (χ1) is 18.4. The van der Waals surface area contributed by atoms with Crippen LogP contribution in [-0.4, -0.2) is 17.5 Å². The van der Waals surface area contributed by atoms with E-state index in [9.17, 15) is 9.59 Å². The van der Waals surface area contributed by atoms with Gasteiger partial charge >= 0.3 is 0 Å². The van der Waals surface area contributed by atoms with E-state index in [1.165, 1.54) is 0 Å². The van der Waals surface area contributed by atoms with E-state index in [4.69, 9.17) is 20.8 Å². The van der Waals surface area contributed by atoms with Crippen molar-refractivity contribution in [2.24, 2.45) is 5.10 Å². The first-order valence-corrected chi connectivity index (χ1v) is 12.7. The van der Waals surface area contributed by atoms with Gasteiger partial charge in [0.25, 0.3) is 11.8 Å². The van der Waals surface area contributed by atoms with Gasteiger partial charge in [0, 0.05) is 28.1 Å². The molecule has 1 aliphatic rings. The molecule has 0 saturated carbocycles. The van der Waals surface area contributed by atoms with Gasteiger partial charge in [0.15, 0.2) is 11.5 Å². The number of amides is 2. The Balaban J connectivity index is 1.39. The summed E-state index contributed by atoms with van der Waals surface area (Å²) in [7, 11) is 0. The highest BCUT2D eigenvalue weighted by molar-refractivity contribution is 6.31. The molecule has 1 aliphatic carbocycles. The Morgan fingerprint density at radius 1 is 0.947 bits per heavy atom. The maximum atomic E-state index is 13.4. The van der Waals surface area contributed by atoms with Gasteiger partial charge in [0.1, 0.15) is 11.5 Å². The van der Waals surface area contributed by atoms with Crippen molar-refractivity contribution in [3.05, 3.63) is 112 Å². The quantitative estimate of drug-likeness (QED) is 0.262. The van der Waals surface area contributed by atoms with Crippen molar-refractivity contribution < 1.29 is 18.7 Å². The summed E-state index contributed by atoms with van der Waals surface area (Å²) in [5.41, 5.74) is 6.62. The third-order valence-corrected chi connectivity index (χ3v) is 6.61. The fraction of sp³-hybridized carbons (Fsp3) is 0.167. The number of hydrogen-bond donors (Lipinski definition) is 2. The molecule has 0 atom stereocenters. The average Bonchev–Trinajstić information content (AvgIpc) is 3.27. The number of ether oxygens (including phenoxy) is 1. The highest BCUT2D eigenvalue weighted by Gasteiger charge is 2.28. The molecule has 3 aromatic carbocycles. The van der Waals surface area contributed by atoms with E-state index in [0.29, 0.717) is 57.6 Å². The smallest absolute Gasteiger partial charge is 0.291 e. The Labute approximate surface area is 225 Å². The molecule has 1 aromatic heterocycles. The van der Waals surface area contributed by atoms with Crippen LogP contribution < -0.4 is 15.5 Å². The summed E-state index contributed by atoms with van der Waals surface area (Å²) in [5.74, 6) is 1.22. The van der Waals surface area contributed by atoms with Crippen LogP contribution in [0.3, 0.4) is 0 Å². The molecule has 0 radical (unpaired) electrons. The zero-order chi connectivity index (χ0) is 26.6. The fourth-order valence-corrected chi connectivity index (χ4v) is 4.66. The summed E-state index contributed by atoms with van der Waals surface area (Å²) >= 11 is 6.22. The second-order valence-electron chi connectivity index (χ2n) is 9.03. The van der Waals surface area contributed by atoms with Gasteiger partial charge in [-0.15, -0.1) is 0 Å². The van der Waals surface area contributed by atoms with E-state index in [-0.39, 0.29) is 11.7 Å². The first-order valence-electron chi connectivity index (χ1n) is 12.3. The van der Waals surface area contributed by atoms with E-state index >= 15 is 0 Å². The van der Waals surface area contributed by atoms with Crippen LogP contribution in [-0.2, 0) is 6.42 Å². The van der Waals surface area contributed by atoms with Gasteiger partial charge in [-0.3, -0.25) is 9.59 Å². The number of hydrogen-bond acceptors (Lipinski definition) is 5. The largest absolute Gasteiger partial charge is 0.455 e. The molecule has 7 nitrogen and oxygen atoms in total. The number of halogens is 1. The Kier molecular flexibility index (Phi) is 7.29. The van der Waals surface area contributed by atoms with E-state index < -0.39 is 5.91 Å². The number of anilines is 1. The molecule has 0 aliphatic heterocycles. The molecule has 0 unspecified atom stereocenters. The number of rotatable bonds is 6. The lowest BCUT2D eigenvalue weighted by molar-refractivity contribution is 0.0953. The van der Waals surface area contributed by atoms with E-state index in [0.717, 1.165) is 17.5 Å². The molecule has 8 heteroatoms. The van der Waals surface area contributed by atoms with E-state index in [1.807, 2.05) is 62.4 Å². The number of para-hydroxylation sites is 1. The molecular formula is C30H26ClN3O4. The number of carbonyl (C=O) groups is 2. The van der Waals surface area contributed by atoms with Gasteiger partial charge in [0.05, 0.1) is 11.4 Å². The second-order valence-corrected chi connectivity index (χ2v) is 9.47. The molecule has 1 heterocycles. The highest BCUT2D eigenvalue weighted by Crippen LogP contribution is 2.34. The number of nitrogens with zero attached hydrogens (tertiary/aromatic N) is 1. The van der Waals surface area contributed by atoms with Crippen LogP contribution in [0.25, 0.3) is 0 Å². The summed E-state index contributed by atoms with van der Waals surface area (Å²) in [6.45, 7) is 3.70. The zero-order valence-corrected chi connectivity index (χ0v) is 21.8. The standard InChI is InChI=1S/C30H26ClN3O4/c1-18-9-6-7-12-22(18)29(35)34-33-23-13-8-14-26-27(23)19(2)28(38-26)30(36)32-24-17-20(31)15-16-25(24)37-21-10-4-3-5-11-21/h3-7,9-12,15-17H,8,13-14H2,1-2H3,(H,32,36)(H,34,35)/b33-23+. The van der Waals surface area contributed by atoms with Crippen molar-refractivity contribution in [1.29, 1.82) is 0 Å². The van der Waals surface area contributed by atoms with Crippen LogP contribution in [0.4, 0.5) is 5.69 Å². The van der Waals surface area contributed by atoms with Crippen molar-refractivity contribution in [3.8, 4) is 11.5 Å². The van der Waals surface area contributed by atoms with Crippen LogP contribution in [0, 0.1) is 13.8 Å². The van der Waals surface area contributed by atoms with Crippen LogP contribution >= 0.6 is 11.6 Å². The van der Waals surface area contributed by atoms with Gasteiger partial charge < -0.3 is 14.5 Å². The van der Waals surface area contributed by atoms with Gasteiger partial charge in [-0.2, -0.15) is 5.10 Å². The van der Waals surface area contributed by atoms with Gasteiger partial charge in [-0.05, 0) is 68.7 Å². The Hall–Kier alpha value is -4.36. The molecule has 38 heavy (non-hydrogen) atoms. The van der Waals surface area contributed by atoms with Crippen molar-refractivity contribution >= 4 is 34.8 Å². The molecule has 192 valence electrons. The van der Waals surface area contributed by atoms with Crippen LogP contribution in [0.2, 0.25) is 5.02 Å². The van der Waals surface area contributed by atoms with Gasteiger partial charge in [-0.25, -0.2) is 5.43 Å². The summed E-state index contributed by atoms with van der Waals surface area (Å²) < 4.78 is 12.0. The SMILES string of the molecule is Cc1ccccc1C(=O)N/N=C1\CCCc2oc(C(=O)Nc3cc(Cl)ccc3Oc3ccccc3)c(C)c21. The van der Waals surface area contributed by atoms with Crippen molar-refractivity contribution in [1.82, 2.24) is 5.43 Å². The third-order valence-electron chi connectivity index (χ3n) is 6.37. The molecule has 0 bridgehead atoms. The van der Waals surface area contributed by atoms with Crippen LogP contribution in [0.5, 0.6) is 11.5 Å². The fourth-order valence-electron chi connectivity index (χ4n) is 4.49. The van der Waals surface area contributed by atoms with Crippen molar-refractivity contribution in [2.75, 3.05) is 5.32 Å². The predicted molar refractivity (Wildman–Crippen MR) is 147 cm³/mol. The summed E-state index contributed by atoms with van der Waals surface area (Å²) in [6.07, 6.45) is 2.13. The molecule has 5 rings (SSSR count). The highest BCUT2D eigenvalue weighted by atomic mass is 35.5. The molecular weight excluding hydrogens is 502 g/mol. The van der Waals surface area contributed by atoms with Gasteiger partial charge in [-0.1, -0.05) is 48.0 Å². The summed E-state index contributed by atoms with van der Waals surface area (Å²) in [6, 6.07) is 21.6. The normalized spacial score (nSPS) is 13.6.